The molecule has 0 spiro atoms. The Labute approximate surface area is 120 Å². The lowest BCUT2D eigenvalue weighted by Gasteiger charge is -2.08. The number of nitrogens with two attached hydrogens (primary N) is 1. The molecule has 0 atom stereocenters. The highest BCUT2D eigenvalue weighted by Crippen LogP contribution is 2.40. The predicted octanol–water partition coefficient (Wildman–Crippen LogP) is 2.95. The zero-order chi connectivity index (χ0) is 15.0. The molecule has 1 aromatic carbocycles. The van der Waals surface area contributed by atoms with Crippen LogP contribution in [0.15, 0.2) is 24.3 Å². The number of benzene rings is 1. The Morgan fingerprint density at radius 2 is 2.14 bits per heavy atom. The highest BCUT2D eigenvalue weighted by Gasteiger charge is 2.28. The number of aryl methyl sites for hydroxylation is 1. The second-order valence-electron chi connectivity index (χ2n) is 5.04. The molecule has 0 bridgehead atoms. The first-order valence-electron chi connectivity index (χ1n) is 6.61. The quantitative estimate of drug-likeness (QED) is 0.684. The number of ether oxygens (including phenoxy) is 1. The van der Waals surface area contributed by atoms with Gasteiger partial charge in [-0.05, 0) is 25.8 Å². The van der Waals surface area contributed by atoms with Gasteiger partial charge in [-0.2, -0.15) is 4.98 Å². The molecule has 3 rings (SSSR count). The minimum absolute atomic E-state index is 0.0670. The molecule has 0 amide bonds. The highest BCUT2D eigenvalue weighted by atomic mass is 16.6. The molecule has 0 unspecified atom stereocenters. The number of hydrogen-bond donors (Lipinski definition) is 1. The van der Waals surface area contributed by atoms with Gasteiger partial charge in [-0.3, -0.25) is 10.1 Å². The number of nitrogen functional groups attached to an aromatic ring is 1. The van der Waals surface area contributed by atoms with E-state index in [1.807, 2.05) is 0 Å². The summed E-state index contributed by atoms with van der Waals surface area (Å²) in [6, 6.07) is 6.37. The molecule has 0 saturated heterocycles. The van der Waals surface area contributed by atoms with Crippen LogP contribution in [-0.2, 0) is 0 Å². The van der Waals surface area contributed by atoms with E-state index in [2.05, 4.69) is 9.97 Å². The van der Waals surface area contributed by atoms with Crippen LogP contribution >= 0.6 is 0 Å². The Morgan fingerprint density at radius 3 is 2.81 bits per heavy atom. The highest BCUT2D eigenvalue weighted by molar-refractivity contribution is 5.53. The number of nitro benzene ring substituents is 1. The van der Waals surface area contributed by atoms with Gasteiger partial charge in [0.05, 0.1) is 4.92 Å². The Hall–Kier alpha value is -2.70. The molecule has 7 heteroatoms. The van der Waals surface area contributed by atoms with Crippen LogP contribution in [0, 0.1) is 17.0 Å². The van der Waals surface area contributed by atoms with E-state index < -0.39 is 4.92 Å². The third-order valence-corrected chi connectivity index (χ3v) is 3.28. The molecule has 1 fully saturated rings. The first kappa shape index (κ1) is 13.3. The van der Waals surface area contributed by atoms with Crippen molar-refractivity contribution in [2.45, 2.75) is 25.7 Å². The first-order chi connectivity index (χ1) is 10.0. The van der Waals surface area contributed by atoms with Gasteiger partial charge in [-0.15, -0.1) is 0 Å². The Kier molecular flexibility index (Phi) is 3.17. The van der Waals surface area contributed by atoms with Crippen molar-refractivity contribution in [2.75, 3.05) is 5.73 Å². The summed E-state index contributed by atoms with van der Waals surface area (Å²) in [7, 11) is 0. The van der Waals surface area contributed by atoms with Crippen molar-refractivity contribution < 1.29 is 9.66 Å². The molecule has 2 aromatic rings. The minimum atomic E-state index is -0.461. The topological polar surface area (TPSA) is 104 Å². The lowest BCUT2D eigenvalue weighted by molar-refractivity contribution is -0.386. The van der Waals surface area contributed by atoms with Gasteiger partial charge in [0.2, 0.25) is 11.6 Å². The van der Waals surface area contributed by atoms with Gasteiger partial charge in [0.15, 0.2) is 0 Å². The van der Waals surface area contributed by atoms with Gasteiger partial charge in [0, 0.05) is 17.5 Å². The van der Waals surface area contributed by atoms with Gasteiger partial charge in [0.1, 0.15) is 11.6 Å². The number of para-hydroxylation sites is 1. The Balaban J connectivity index is 1.97. The average Bonchev–Trinajstić information content (AvgIpc) is 3.21. The van der Waals surface area contributed by atoms with Crippen molar-refractivity contribution >= 4 is 11.5 Å². The lowest BCUT2D eigenvalue weighted by Crippen LogP contribution is -2.02. The molecule has 7 nitrogen and oxygen atoms in total. The summed E-state index contributed by atoms with van der Waals surface area (Å²) in [6.07, 6.45) is 2.07. The summed E-state index contributed by atoms with van der Waals surface area (Å²) in [6.45, 7) is 1.66. The van der Waals surface area contributed by atoms with E-state index >= 15 is 0 Å². The molecule has 2 N–H and O–H groups in total. The second kappa shape index (κ2) is 5.01. The number of nitro groups is 1. The fourth-order valence-corrected chi connectivity index (χ4v) is 2.10. The summed E-state index contributed by atoms with van der Waals surface area (Å²) in [5, 5.41) is 11.2. The fourth-order valence-electron chi connectivity index (χ4n) is 2.10. The third kappa shape index (κ3) is 2.76. The van der Waals surface area contributed by atoms with E-state index in [4.69, 9.17) is 10.5 Å². The van der Waals surface area contributed by atoms with E-state index in [9.17, 15) is 10.1 Å². The van der Waals surface area contributed by atoms with Crippen LogP contribution in [0.2, 0.25) is 0 Å². The average molecular weight is 286 g/mol. The first-order valence-corrected chi connectivity index (χ1v) is 6.61. The fraction of sp³-hybridized carbons (Fsp3) is 0.286. The maximum atomic E-state index is 11.2. The molecule has 21 heavy (non-hydrogen) atoms. The summed E-state index contributed by atoms with van der Waals surface area (Å²) in [4.78, 5) is 19.1. The van der Waals surface area contributed by atoms with E-state index in [-0.39, 0.29) is 17.3 Å². The summed E-state index contributed by atoms with van der Waals surface area (Å²) in [5.74, 6) is 1.65. The van der Waals surface area contributed by atoms with E-state index in [0.29, 0.717) is 23.1 Å². The molecule has 0 radical (unpaired) electrons. The molecule has 1 aromatic heterocycles. The lowest BCUT2D eigenvalue weighted by atomic mass is 10.2. The molecule has 1 saturated carbocycles. The normalized spacial score (nSPS) is 14.0. The van der Waals surface area contributed by atoms with Gasteiger partial charge < -0.3 is 10.5 Å². The standard InChI is InChI=1S/C14H14N4O3/c1-8-3-2-4-10(13(8)18(19)20)21-12-7-11(15)16-14(17-12)9-5-6-9/h2-4,7,9H,5-6H2,1H3,(H2,15,16,17). The minimum Gasteiger partial charge on any atom is -0.432 e. The third-order valence-electron chi connectivity index (χ3n) is 3.28. The molecule has 1 aliphatic rings. The van der Waals surface area contributed by atoms with Crippen molar-refractivity contribution in [2.24, 2.45) is 0 Å². The smallest absolute Gasteiger partial charge is 0.314 e. The zero-order valence-electron chi connectivity index (χ0n) is 11.4. The van der Waals surface area contributed by atoms with Crippen LogP contribution in [-0.4, -0.2) is 14.9 Å². The van der Waals surface area contributed by atoms with Crippen LogP contribution in [0.3, 0.4) is 0 Å². The SMILES string of the molecule is Cc1cccc(Oc2cc(N)nc(C3CC3)n2)c1[N+](=O)[O-]. The van der Waals surface area contributed by atoms with Crippen LogP contribution < -0.4 is 10.5 Å². The largest absolute Gasteiger partial charge is 0.432 e. The van der Waals surface area contributed by atoms with E-state index in [1.54, 1.807) is 25.1 Å². The number of rotatable bonds is 4. The second-order valence-corrected chi connectivity index (χ2v) is 5.04. The number of anilines is 1. The molecule has 1 heterocycles. The summed E-state index contributed by atoms with van der Waals surface area (Å²) >= 11 is 0. The van der Waals surface area contributed by atoms with Crippen molar-refractivity contribution in [3.05, 3.63) is 45.8 Å². The van der Waals surface area contributed by atoms with Crippen molar-refractivity contribution in [1.29, 1.82) is 0 Å². The predicted molar refractivity (Wildman–Crippen MR) is 76.3 cm³/mol. The van der Waals surface area contributed by atoms with Crippen molar-refractivity contribution in [3.8, 4) is 11.6 Å². The summed E-state index contributed by atoms with van der Waals surface area (Å²) in [5.41, 5.74) is 6.20. The van der Waals surface area contributed by atoms with Crippen LogP contribution in [0.25, 0.3) is 0 Å². The van der Waals surface area contributed by atoms with Gasteiger partial charge in [-0.1, -0.05) is 12.1 Å². The van der Waals surface area contributed by atoms with Gasteiger partial charge >= 0.3 is 5.69 Å². The Bertz CT molecular complexity index is 713. The van der Waals surface area contributed by atoms with Gasteiger partial charge in [0.25, 0.3) is 0 Å². The molecule has 1 aliphatic carbocycles. The van der Waals surface area contributed by atoms with Crippen molar-refractivity contribution in [1.82, 2.24) is 9.97 Å². The maximum absolute atomic E-state index is 11.2. The number of hydrogen-bond acceptors (Lipinski definition) is 6. The van der Waals surface area contributed by atoms with E-state index in [0.717, 1.165) is 12.8 Å². The monoisotopic (exact) mass is 286 g/mol. The summed E-state index contributed by atoms with van der Waals surface area (Å²) < 4.78 is 5.58. The van der Waals surface area contributed by atoms with Crippen LogP contribution in [0.4, 0.5) is 11.5 Å². The molecular formula is C14H14N4O3. The van der Waals surface area contributed by atoms with E-state index in [1.165, 1.54) is 6.07 Å². The molecule has 108 valence electrons. The number of aromatic nitrogens is 2. The molecule has 0 aliphatic heterocycles. The zero-order valence-corrected chi connectivity index (χ0v) is 11.4. The van der Waals surface area contributed by atoms with Gasteiger partial charge in [-0.25, -0.2) is 4.98 Å². The van der Waals surface area contributed by atoms with Crippen LogP contribution in [0.1, 0.15) is 30.1 Å². The molecular weight excluding hydrogens is 272 g/mol. The van der Waals surface area contributed by atoms with Crippen LogP contribution in [0.5, 0.6) is 11.6 Å². The maximum Gasteiger partial charge on any atom is 0.314 e. The Morgan fingerprint density at radius 1 is 1.38 bits per heavy atom. The number of nitrogens with zero attached hydrogens (tertiary/aromatic N) is 3. The van der Waals surface area contributed by atoms with Crippen molar-refractivity contribution in [3.63, 3.8) is 0 Å².